The molecule has 5 nitrogen and oxygen atoms in total. The van der Waals surface area contributed by atoms with Crippen molar-refractivity contribution in [2.24, 2.45) is 0 Å². The zero-order chi connectivity index (χ0) is 30.9. The number of aliphatic hydroxyl groups excluding tert-OH is 1. The molecule has 2 amide bonds. The Hall–Kier alpha value is -0.400. The fourth-order valence-electron chi connectivity index (χ4n) is 5.13. The highest BCUT2D eigenvalue weighted by molar-refractivity contribution is 8.00. The Morgan fingerprint density at radius 1 is 0.500 bits per heavy atom. The second-order valence-electron chi connectivity index (χ2n) is 12.2. The van der Waals surface area contributed by atoms with Crippen molar-refractivity contribution >= 4 is 35.3 Å². The summed E-state index contributed by atoms with van der Waals surface area (Å²) in [6.45, 7) is 6.14. The second kappa shape index (κ2) is 33.5. The number of aliphatic hydroxyl groups is 1. The Labute approximate surface area is 270 Å². The fourth-order valence-corrected chi connectivity index (χ4v) is 6.77. The van der Waals surface area contributed by atoms with Crippen molar-refractivity contribution in [3.8, 4) is 0 Å². The van der Waals surface area contributed by atoms with E-state index in [2.05, 4.69) is 24.5 Å². The van der Waals surface area contributed by atoms with E-state index in [-0.39, 0.29) is 11.8 Å². The number of thioether (sulfide) groups is 2. The molecule has 0 aromatic carbocycles. The van der Waals surface area contributed by atoms with Gasteiger partial charge in [-0.05, 0) is 31.3 Å². The average Bonchev–Trinajstić information content (AvgIpc) is 2.97. The average molecular weight is 631 g/mol. The van der Waals surface area contributed by atoms with Crippen molar-refractivity contribution in [1.29, 1.82) is 0 Å². The molecule has 0 aromatic rings. The topological polar surface area (TPSA) is 78.4 Å². The fraction of sp³-hybridized carbons (Fsp3) is 0.943. The molecule has 42 heavy (non-hydrogen) atoms. The summed E-state index contributed by atoms with van der Waals surface area (Å²) < 4.78 is 0. The number of hydrogen-bond acceptors (Lipinski definition) is 5. The van der Waals surface area contributed by atoms with Gasteiger partial charge in [0.2, 0.25) is 11.8 Å². The van der Waals surface area contributed by atoms with Crippen molar-refractivity contribution in [2.75, 3.05) is 23.0 Å². The summed E-state index contributed by atoms with van der Waals surface area (Å²) in [7, 11) is 0. The molecule has 3 N–H and O–H groups in total. The minimum atomic E-state index is -0.833. The maximum Gasteiger partial charge on any atom is 0.231 e. The predicted octanol–water partition coefficient (Wildman–Crippen LogP) is 9.79. The van der Waals surface area contributed by atoms with E-state index in [0.29, 0.717) is 11.5 Å². The summed E-state index contributed by atoms with van der Waals surface area (Å²) in [4.78, 5) is 24.7. The summed E-state index contributed by atoms with van der Waals surface area (Å²) in [5.74, 6) is 2.43. The van der Waals surface area contributed by atoms with Gasteiger partial charge in [0, 0.05) is 0 Å². The molecule has 0 rings (SSSR count). The molecule has 0 spiro atoms. The number of nitrogens with one attached hydrogen (secondary N) is 2. The largest absolute Gasteiger partial charge is 0.389 e. The van der Waals surface area contributed by atoms with Gasteiger partial charge < -0.3 is 15.7 Å². The third kappa shape index (κ3) is 31.0. The maximum atomic E-state index is 12.4. The zero-order valence-corrected chi connectivity index (χ0v) is 29.7. The molecule has 0 radical (unpaired) electrons. The van der Waals surface area contributed by atoms with Gasteiger partial charge in [-0.3, -0.25) is 9.59 Å². The monoisotopic (exact) mass is 630 g/mol. The molecule has 0 aliphatic carbocycles. The van der Waals surface area contributed by atoms with Crippen LogP contribution >= 0.6 is 23.5 Å². The van der Waals surface area contributed by atoms with Gasteiger partial charge in [-0.2, -0.15) is 23.5 Å². The highest BCUT2D eigenvalue weighted by Gasteiger charge is 2.19. The zero-order valence-electron chi connectivity index (χ0n) is 28.0. The summed E-state index contributed by atoms with van der Waals surface area (Å²) in [6, 6.07) is 0. The van der Waals surface area contributed by atoms with E-state index in [1.165, 1.54) is 141 Å². The lowest BCUT2D eigenvalue weighted by molar-refractivity contribution is -0.123. The summed E-state index contributed by atoms with van der Waals surface area (Å²) in [5, 5.41) is 15.6. The number of carbonyl (C=O) groups is 2. The Balaban J connectivity index is 3.65. The minimum absolute atomic E-state index is 0.130. The first-order valence-electron chi connectivity index (χ1n) is 17.9. The first kappa shape index (κ1) is 41.6. The Bertz CT molecular complexity index is 547. The Morgan fingerprint density at radius 3 is 1.02 bits per heavy atom. The van der Waals surface area contributed by atoms with Gasteiger partial charge in [0.1, 0.15) is 6.17 Å². The van der Waals surface area contributed by atoms with E-state index < -0.39 is 12.3 Å². The van der Waals surface area contributed by atoms with Crippen LogP contribution in [0.3, 0.4) is 0 Å². The quantitative estimate of drug-likeness (QED) is 0.0497. The van der Waals surface area contributed by atoms with Crippen LogP contribution in [0.25, 0.3) is 0 Å². The number of rotatable bonds is 33. The summed E-state index contributed by atoms with van der Waals surface area (Å²) >= 11 is 3.27. The molecule has 0 aliphatic rings. The van der Waals surface area contributed by atoms with Crippen LogP contribution in [0.5, 0.6) is 0 Å². The van der Waals surface area contributed by atoms with Crippen LogP contribution in [-0.4, -0.2) is 52.2 Å². The smallest absolute Gasteiger partial charge is 0.231 e. The lowest BCUT2D eigenvalue weighted by atomic mass is 10.1. The van der Waals surface area contributed by atoms with Crippen LogP contribution in [0, 0.1) is 0 Å². The highest BCUT2D eigenvalue weighted by atomic mass is 32.2. The lowest BCUT2D eigenvalue weighted by Gasteiger charge is -2.22. The number of hydrogen-bond donors (Lipinski definition) is 3. The van der Waals surface area contributed by atoms with Gasteiger partial charge in [0.05, 0.1) is 17.6 Å². The van der Waals surface area contributed by atoms with Crippen LogP contribution in [-0.2, 0) is 9.59 Å². The van der Waals surface area contributed by atoms with E-state index in [1.54, 1.807) is 30.4 Å². The second-order valence-corrected chi connectivity index (χ2v) is 14.4. The molecular formula is C35H70N2O3S2. The first-order chi connectivity index (χ1) is 20.5. The van der Waals surface area contributed by atoms with Gasteiger partial charge in [0.25, 0.3) is 0 Å². The number of amides is 2. The van der Waals surface area contributed by atoms with E-state index >= 15 is 0 Å². The van der Waals surface area contributed by atoms with Gasteiger partial charge in [0.15, 0.2) is 0 Å². The summed E-state index contributed by atoms with van der Waals surface area (Å²) in [5.41, 5.74) is 0. The summed E-state index contributed by atoms with van der Waals surface area (Å²) in [6.07, 6.45) is 30.5. The Kier molecular flexibility index (Phi) is 33.2. The van der Waals surface area contributed by atoms with Crippen LogP contribution in [0.2, 0.25) is 0 Å². The molecule has 0 heterocycles. The van der Waals surface area contributed by atoms with Gasteiger partial charge >= 0.3 is 0 Å². The molecule has 7 heteroatoms. The van der Waals surface area contributed by atoms with Crippen LogP contribution in [0.15, 0.2) is 0 Å². The predicted molar refractivity (Wildman–Crippen MR) is 189 cm³/mol. The van der Waals surface area contributed by atoms with Crippen molar-refractivity contribution in [3.63, 3.8) is 0 Å². The van der Waals surface area contributed by atoms with Crippen molar-refractivity contribution in [3.05, 3.63) is 0 Å². The van der Waals surface area contributed by atoms with Crippen molar-refractivity contribution in [2.45, 2.75) is 187 Å². The van der Waals surface area contributed by atoms with Gasteiger partial charge in [-0.1, -0.05) is 155 Å². The SMILES string of the molecule is CCCCCCCCCCCCCCSCC(=O)NC(NC(=O)CSCCCCCCCCCCCCCC)C(C)O. The normalized spacial score (nSPS) is 12.1. The van der Waals surface area contributed by atoms with Crippen LogP contribution in [0.1, 0.15) is 175 Å². The minimum Gasteiger partial charge on any atom is -0.389 e. The molecule has 250 valence electrons. The van der Waals surface area contributed by atoms with E-state index in [0.717, 1.165) is 24.3 Å². The Morgan fingerprint density at radius 2 is 0.762 bits per heavy atom. The van der Waals surface area contributed by atoms with E-state index in [1.807, 2.05) is 0 Å². The standard InChI is InChI=1S/C35H70N2O3S2/c1-4-6-8-10-12-14-16-18-20-22-24-26-28-41-30-33(39)36-35(32(3)38)37-34(40)31-42-29-27-25-23-21-19-17-15-13-11-9-7-5-2/h32,35,38H,4-31H2,1-3H3,(H,36,39)(H,37,40). The van der Waals surface area contributed by atoms with Gasteiger partial charge in [-0.15, -0.1) is 0 Å². The molecule has 0 bridgehead atoms. The van der Waals surface area contributed by atoms with Gasteiger partial charge in [-0.25, -0.2) is 0 Å². The molecular weight excluding hydrogens is 561 g/mol. The van der Waals surface area contributed by atoms with E-state index in [4.69, 9.17) is 0 Å². The third-order valence-electron chi connectivity index (χ3n) is 7.87. The molecule has 0 saturated carbocycles. The highest BCUT2D eigenvalue weighted by Crippen LogP contribution is 2.15. The maximum absolute atomic E-state index is 12.4. The first-order valence-corrected chi connectivity index (χ1v) is 20.2. The number of unbranched alkanes of at least 4 members (excludes halogenated alkanes) is 22. The van der Waals surface area contributed by atoms with Crippen molar-refractivity contribution < 1.29 is 14.7 Å². The molecule has 0 saturated heterocycles. The lowest BCUT2D eigenvalue weighted by Crippen LogP contribution is -2.54. The van der Waals surface area contributed by atoms with Crippen LogP contribution in [0.4, 0.5) is 0 Å². The molecule has 0 aliphatic heterocycles. The third-order valence-corrected chi connectivity index (χ3v) is 9.95. The molecule has 0 fully saturated rings. The van der Waals surface area contributed by atoms with Crippen LogP contribution < -0.4 is 10.6 Å². The molecule has 1 unspecified atom stereocenters. The molecule has 1 atom stereocenters. The van der Waals surface area contributed by atoms with E-state index in [9.17, 15) is 14.7 Å². The molecule has 0 aromatic heterocycles. The van der Waals surface area contributed by atoms with Crippen molar-refractivity contribution in [1.82, 2.24) is 10.6 Å². The number of carbonyl (C=O) groups excluding carboxylic acids is 2.